The Bertz CT molecular complexity index is 863. The molecule has 8 nitrogen and oxygen atoms in total. The average Bonchev–Trinajstić information content (AvgIpc) is 2.95. The monoisotopic (exact) mass is 354 g/mol. The first-order chi connectivity index (χ1) is 10.9. The van der Waals surface area contributed by atoms with Gasteiger partial charge in [0.1, 0.15) is 10.8 Å². The summed E-state index contributed by atoms with van der Waals surface area (Å²) < 4.78 is 32.6. The predicted molar refractivity (Wildman–Crippen MR) is 85.3 cm³/mol. The first-order valence-electron chi connectivity index (χ1n) is 6.86. The fourth-order valence-corrected chi connectivity index (χ4v) is 3.90. The fraction of sp³-hybridized carbons (Fsp3) is 0.308. The van der Waals surface area contributed by atoms with E-state index in [1.54, 1.807) is 6.92 Å². The number of ether oxygens (including phenoxy) is 1. The third kappa shape index (κ3) is 3.13. The fourth-order valence-electron chi connectivity index (χ4n) is 1.97. The van der Waals surface area contributed by atoms with Crippen LogP contribution >= 0.6 is 11.3 Å². The van der Waals surface area contributed by atoms with Crippen LogP contribution in [0.5, 0.6) is 5.75 Å². The normalized spacial score (nSPS) is 17.1. The van der Waals surface area contributed by atoms with Gasteiger partial charge in [0, 0.05) is 0 Å². The molecule has 1 aliphatic heterocycles. The molecule has 0 radical (unpaired) electrons. The van der Waals surface area contributed by atoms with Crippen molar-refractivity contribution in [1.29, 1.82) is 0 Å². The Kier molecular flexibility index (Phi) is 3.94. The number of anilines is 2. The third-order valence-corrected chi connectivity index (χ3v) is 5.63. The van der Waals surface area contributed by atoms with Crippen LogP contribution in [-0.4, -0.2) is 30.6 Å². The van der Waals surface area contributed by atoms with Gasteiger partial charge in [-0.3, -0.25) is 9.52 Å². The minimum atomic E-state index is -3.82. The maximum absolute atomic E-state index is 12.4. The third-order valence-electron chi connectivity index (χ3n) is 3.18. The Hall–Kier alpha value is -2.20. The SMILES string of the molecule is CCc1nnc(NS(=O)(=O)c2ccc3c(c2)NC(=O)C(C)O3)s1. The lowest BCUT2D eigenvalue weighted by molar-refractivity contribution is -0.122. The molecular formula is C13H14N4O4S2. The summed E-state index contributed by atoms with van der Waals surface area (Å²) in [7, 11) is -3.82. The highest BCUT2D eigenvalue weighted by Gasteiger charge is 2.26. The number of benzene rings is 1. The Morgan fingerprint density at radius 2 is 2.17 bits per heavy atom. The lowest BCUT2D eigenvalue weighted by Gasteiger charge is -2.23. The average molecular weight is 354 g/mol. The second-order valence-electron chi connectivity index (χ2n) is 4.87. The van der Waals surface area contributed by atoms with E-state index in [0.29, 0.717) is 17.9 Å². The van der Waals surface area contributed by atoms with Crippen LogP contribution in [0.3, 0.4) is 0 Å². The van der Waals surface area contributed by atoms with Crippen molar-refractivity contribution in [2.75, 3.05) is 10.0 Å². The second kappa shape index (κ2) is 5.78. The summed E-state index contributed by atoms with van der Waals surface area (Å²) >= 11 is 1.18. The Morgan fingerprint density at radius 3 is 2.87 bits per heavy atom. The summed E-state index contributed by atoms with van der Waals surface area (Å²) in [6, 6.07) is 4.27. The van der Waals surface area contributed by atoms with E-state index in [0.717, 1.165) is 5.01 Å². The van der Waals surface area contributed by atoms with Crippen molar-refractivity contribution >= 4 is 38.1 Å². The Labute approximate surface area is 136 Å². The molecule has 0 spiro atoms. The molecule has 23 heavy (non-hydrogen) atoms. The van der Waals surface area contributed by atoms with Gasteiger partial charge in [-0.1, -0.05) is 18.3 Å². The van der Waals surface area contributed by atoms with Gasteiger partial charge >= 0.3 is 0 Å². The zero-order valence-electron chi connectivity index (χ0n) is 12.4. The molecule has 0 fully saturated rings. The van der Waals surface area contributed by atoms with E-state index in [1.165, 1.54) is 29.5 Å². The molecule has 0 saturated carbocycles. The zero-order valence-corrected chi connectivity index (χ0v) is 14.0. The lowest BCUT2D eigenvalue weighted by Crippen LogP contribution is -2.34. The van der Waals surface area contributed by atoms with Crippen molar-refractivity contribution in [3.8, 4) is 5.75 Å². The minimum absolute atomic E-state index is 0.00273. The van der Waals surface area contributed by atoms with E-state index in [1.807, 2.05) is 6.92 Å². The van der Waals surface area contributed by atoms with Crippen LogP contribution in [0.2, 0.25) is 0 Å². The molecular weight excluding hydrogens is 340 g/mol. The van der Waals surface area contributed by atoms with Crippen LogP contribution in [0.1, 0.15) is 18.9 Å². The summed E-state index contributed by atoms with van der Waals surface area (Å²) in [5.41, 5.74) is 0.322. The number of nitrogens with one attached hydrogen (secondary N) is 2. The molecule has 122 valence electrons. The number of rotatable bonds is 4. The van der Waals surface area contributed by atoms with E-state index >= 15 is 0 Å². The topological polar surface area (TPSA) is 110 Å². The van der Waals surface area contributed by atoms with Gasteiger partial charge in [-0.15, -0.1) is 10.2 Å². The summed E-state index contributed by atoms with van der Waals surface area (Å²) in [5.74, 6) is 0.108. The first-order valence-corrected chi connectivity index (χ1v) is 9.16. The van der Waals surface area contributed by atoms with E-state index in [-0.39, 0.29) is 15.9 Å². The van der Waals surface area contributed by atoms with Crippen molar-refractivity contribution in [2.24, 2.45) is 0 Å². The lowest BCUT2D eigenvalue weighted by atomic mass is 10.2. The van der Waals surface area contributed by atoms with Crippen LogP contribution < -0.4 is 14.8 Å². The molecule has 0 aliphatic carbocycles. The van der Waals surface area contributed by atoms with Gasteiger partial charge in [0.2, 0.25) is 5.13 Å². The number of carbonyl (C=O) groups is 1. The van der Waals surface area contributed by atoms with Crippen molar-refractivity contribution in [1.82, 2.24) is 10.2 Å². The van der Waals surface area contributed by atoms with Crippen molar-refractivity contribution in [3.05, 3.63) is 23.2 Å². The summed E-state index contributed by atoms with van der Waals surface area (Å²) in [5, 5.41) is 11.2. The predicted octanol–water partition coefficient (Wildman–Crippen LogP) is 1.62. The van der Waals surface area contributed by atoms with E-state index in [2.05, 4.69) is 20.2 Å². The largest absolute Gasteiger partial charge is 0.479 e. The molecule has 1 amide bonds. The van der Waals surface area contributed by atoms with Crippen LogP contribution in [0, 0.1) is 0 Å². The zero-order chi connectivity index (χ0) is 16.6. The maximum Gasteiger partial charge on any atom is 0.265 e. The standard InChI is InChI=1S/C13H14N4O4S2/c1-3-11-15-16-13(22-11)17-23(19,20)8-4-5-10-9(6-8)14-12(18)7(2)21-10/h4-7H,3H2,1-2H3,(H,14,18)(H,16,17). The summed E-state index contributed by atoms with van der Waals surface area (Å²) in [4.78, 5) is 11.6. The van der Waals surface area contributed by atoms with E-state index in [4.69, 9.17) is 4.74 Å². The molecule has 3 rings (SSSR count). The van der Waals surface area contributed by atoms with Crippen molar-refractivity contribution < 1.29 is 17.9 Å². The molecule has 1 atom stereocenters. The van der Waals surface area contributed by atoms with Crippen LogP contribution in [-0.2, 0) is 21.2 Å². The minimum Gasteiger partial charge on any atom is -0.479 e. The number of sulfonamides is 1. The molecule has 1 unspecified atom stereocenters. The van der Waals surface area contributed by atoms with Gasteiger partial charge in [-0.25, -0.2) is 8.42 Å². The summed E-state index contributed by atoms with van der Waals surface area (Å²) in [6.07, 6.45) is 0.0664. The van der Waals surface area contributed by atoms with Crippen molar-refractivity contribution in [3.63, 3.8) is 0 Å². The van der Waals surface area contributed by atoms with Crippen LogP contribution in [0.4, 0.5) is 10.8 Å². The van der Waals surface area contributed by atoms with E-state index < -0.39 is 16.1 Å². The van der Waals surface area contributed by atoms with Gasteiger partial charge in [-0.2, -0.15) is 0 Å². The highest BCUT2D eigenvalue weighted by atomic mass is 32.2. The number of hydrogen-bond acceptors (Lipinski definition) is 7. The number of amides is 1. The number of nitrogens with zero attached hydrogens (tertiary/aromatic N) is 2. The van der Waals surface area contributed by atoms with Gasteiger partial charge < -0.3 is 10.1 Å². The molecule has 1 aromatic carbocycles. The number of hydrogen-bond donors (Lipinski definition) is 2. The van der Waals surface area contributed by atoms with Gasteiger partial charge in [0.15, 0.2) is 6.10 Å². The Balaban J connectivity index is 1.88. The molecule has 0 saturated heterocycles. The molecule has 10 heteroatoms. The van der Waals surface area contributed by atoms with Crippen molar-refractivity contribution in [2.45, 2.75) is 31.3 Å². The number of fused-ring (bicyclic) bond motifs is 1. The quantitative estimate of drug-likeness (QED) is 0.863. The highest BCUT2D eigenvalue weighted by Crippen LogP contribution is 2.32. The number of aryl methyl sites for hydroxylation is 1. The molecule has 1 aromatic heterocycles. The second-order valence-corrected chi connectivity index (χ2v) is 7.61. The first kappa shape index (κ1) is 15.7. The Morgan fingerprint density at radius 1 is 1.39 bits per heavy atom. The maximum atomic E-state index is 12.4. The van der Waals surface area contributed by atoms with Gasteiger partial charge in [-0.05, 0) is 31.5 Å². The molecule has 0 bridgehead atoms. The molecule has 2 N–H and O–H groups in total. The van der Waals surface area contributed by atoms with Crippen LogP contribution in [0.25, 0.3) is 0 Å². The number of carbonyl (C=O) groups excluding carboxylic acids is 1. The van der Waals surface area contributed by atoms with Gasteiger partial charge in [0.05, 0.1) is 10.6 Å². The van der Waals surface area contributed by atoms with Crippen LogP contribution in [0.15, 0.2) is 23.1 Å². The number of aromatic nitrogens is 2. The molecule has 2 heterocycles. The molecule has 2 aromatic rings. The summed E-state index contributed by atoms with van der Waals surface area (Å²) in [6.45, 7) is 3.53. The highest BCUT2D eigenvalue weighted by molar-refractivity contribution is 7.93. The van der Waals surface area contributed by atoms with Gasteiger partial charge in [0.25, 0.3) is 15.9 Å². The van der Waals surface area contributed by atoms with E-state index in [9.17, 15) is 13.2 Å². The molecule has 1 aliphatic rings. The smallest absolute Gasteiger partial charge is 0.265 e.